The molecule has 0 unspecified atom stereocenters. The predicted octanol–water partition coefficient (Wildman–Crippen LogP) is 4.53. The number of hydrogen-bond donors (Lipinski definition) is 0. The summed E-state index contributed by atoms with van der Waals surface area (Å²) in [5.41, 5.74) is 2.26. The van der Waals surface area contributed by atoms with Crippen molar-refractivity contribution in [3.63, 3.8) is 0 Å². The number of carbonyl (C=O) groups excluding carboxylic acids is 1. The van der Waals surface area contributed by atoms with E-state index in [0.717, 1.165) is 42.5 Å². The number of fused-ring (bicyclic) bond motifs is 1. The van der Waals surface area contributed by atoms with E-state index in [0.29, 0.717) is 10.7 Å². The third-order valence-corrected chi connectivity index (χ3v) is 5.25. The Labute approximate surface area is 157 Å². The Balaban J connectivity index is 1.76. The zero-order valence-corrected chi connectivity index (χ0v) is 15.4. The normalized spacial score (nSPS) is 18.2. The Morgan fingerprint density at radius 3 is 2.62 bits per heavy atom. The van der Waals surface area contributed by atoms with Gasteiger partial charge in [-0.1, -0.05) is 48.0 Å². The van der Waals surface area contributed by atoms with Gasteiger partial charge in [-0.3, -0.25) is 4.57 Å². The van der Waals surface area contributed by atoms with Crippen LogP contribution in [0.25, 0.3) is 16.6 Å². The minimum absolute atomic E-state index is 0.0869. The fraction of sp³-hybridized carbons (Fsp3) is 0.286. The van der Waals surface area contributed by atoms with E-state index in [1.165, 1.54) is 0 Å². The van der Waals surface area contributed by atoms with Crippen LogP contribution in [0.1, 0.15) is 23.2 Å². The van der Waals surface area contributed by atoms with Gasteiger partial charge in [0.15, 0.2) is 0 Å². The van der Waals surface area contributed by atoms with Crippen LogP contribution >= 0.6 is 11.6 Å². The Bertz CT molecular complexity index is 936. The number of rotatable bonds is 3. The number of aromatic nitrogens is 1. The molecule has 26 heavy (non-hydrogen) atoms. The van der Waals surface area contributed by atoms with Crippen molar-refractivity contribution in [3.05, 3.63) is 65.3 Å². The molecule has 0 aliphatic carbocycles. The maximum Gasteiger partial charge on any atom is 0.342 e. The van der Waals surface area contributed by atoms with Crippen molar-refractivity contribution in [2.45, 2.75) is 18.9 Å². The van der Waals surface area contributed by atoms with Crippen LogP contribution in [0.4, 0.5) is 0 Å². The van der Waals surface area contributed by atoms with Crippen LogP contribution in [-0.4, -0.2) is 41.7 Å². The molecule has 3 aromatic rings. The summed E-state index contributed by atoms with van der Waals surface area (Å²) in [5, 5.41) is 1.21. The molecule has 1 aliphatic heterocycles. The number of ether oxygens (including phenoxy) is 1. The smallest absolute Gasteiger partial charge is 0.342 e. The van der Waals surface area contributed by atoms with E-state index >= 15 is 0 Å². The molecule has 0 saturated carbocycles. The number of halogens is 1. The first kappa shape index (κ1) is 17.1. The van der Waals surface area contributed by atoms with E-state index in [4.69, 9.17) is 16.3 Å². The highest BCUT2D eigenvalue weighted by molar-refractivity contribution is 6.35. The molecule has 4 rings (SSSR count). The molecule has 1 saturated heterocycles. The number of para-hydroxylation sites is 2. The first-order chi connectivity index (χ1) is 12.6. The molecule has 4 nitrogen and oxygen atoms in total. The fourth-order valence-corrected chi connectivity index (χ4v) is 4.03. The second kappa shape index (κ2) is 7.14. The van der Waals surface area contributed by atoms with E-state index in [1.54, 1.807) is 0 Å². The lowest BCUT2D eigenvalue weighted by atomic mass is 10.1. The summed E-state index contributed by atoms with van der Waals surface area (Å²) in [4.78, 5) is 15.2. The fourth-order valence-electron chi connectivity index (χ4n) is 3.66. The average molecular weight is 369 g/mol. The summed E-state index contributed by atoms with van der Waals surface area (Å²) in [7, 11) is 2.05. The third kappa shape index (κ3) is 3.11. The summed E-state index contributed by atoms with van der Waals surface area (Å²) in [6, 6.07) is 17.6. The minimum Gasteiger partial charge on any atom is -0.457 e. The molecular formula is C21H21ClN2O2. The van der Waals surface area contributed by atoms with Gasteiger partial charge >= 0.3 is 5.97 Å². The summed E-state index contributed by atoms with van der Waals surface area (Å²) in [6.07, 6.45) is 1.84. The van der Waals surface area contributed by atoms with Gasteiger partial charge in [-0.25, -0.2) is 4.79 Å². The molecule has 134 valence electrons. The Morgan fingerprint density at radius 2 is 1.85 bits per heavy atom. The minimum atomic E-state index is -0.346. The highest BCUT2D eigenvalue weighted by Gasteiger charge is 2.27. The van der Waals surface area contributed by atoms with Crippen molar-refractivity contribution in [2.24, 2.45) is 0 Å². The second-order valence-corrected chi connectivity index (χ2v) is 7.14. The van der Waals surface area contributed by atoms with Crippen LogP contribution in [0.5, 0.6) is 0 Å². The molecule has 0 N–H and O–H groups in total. The highest BCUT2D eigenvalue weighted by atomic mass is 35.5. The molecule has 1 aliphatic rings. The number of likely N-dealkylation sites (tertiary alicyclic amines) is 1. The van der Waals surface area contributed by atoms with Crippen molar-refractivity contribution in [2.75, 3.05) is 20.1 Å². The Morgan fingerprint density at radius 1 is 1.12 bits per heavy atom. The van der Waals surface area contributed by atoms with E-state index in [2.05, 4.69) is 4.90 Å². The SMILES string of the molecule is CN1CCC[C@H](OC(=O)c2c(Cl)n(-c3ccccc3)c3ccccc23)C1. The monoisotopic (exact) mass is 368 g/mol. The van der Waals surface area contributed by atoms with E-state index in [1.807, 2.05) is 66.2 Å². The molecule has 1 atom stereocenters. The molecule has 1 aromatic heterocycles. The maximum absolute atomic E-state index is 13.0. The quantitative estimate of drug-likeness (QED) is 0.637. The van der Waals surface area contributed by atoms with Crippen molar-refractivity contribution in [1.29, 1.82) is 0 Å². The molecule has 5 heteroatoms. The van der Waals surface area contributed by atoms with Crippen LogP contribution in [0, 0.1) is 0 Å². The van der Waals surface area contributed by atoms with Crippen LogP contribution < -0.4 is 0 Å². The first-order valence-corrected chi connectivity index (χ1v) is 9.27. The average Bonchev–Trinajstić information content (AvgIpc) is 2.94. The Kier molecular flexibility index (Phi) is 4.70. The third-order valence-electron chi connectivity index (χ3n) is 4.89. The number of benzene rings is 2. The van der Waals surface area contributed by atoms with E-state index < -0.39 is 0 Å². The van der Waals surface area contributed by atoms with Gasteiger partial charge in [0, 0.05) is 17.6 Å². The van der Waals surface area contributed by atoms with Gasteiger partial charge < -0.3 is 9.64 Å². The summed E-state index contributed by atoms with van der Waals surface area (Å²) >= 11 is 6.68. The second-order valence-electron chi connectivity index (χ2n) is 6.79. The highest BCUT2D eigenvalue weighted by Crippen LogP contribution is 2.34. The summed E-state index contributed by atoms with van der Waals surface area (Å²) in [6.45, 7) is 1.81. The van der Waals surface area contributed by atoms with Gasteiger partial charge in [-0.05, 0) is 44.6 Å². The number of carbonyl (C=O) groups is 1. The lowest BCUT2D eigenvalue weighted by molar-refractivity contribution is 0.0111. The van der Waals surface area contributed by atoms with E-state index in [9.17, 15) is 4.79 Å². The molecule has 0 spiro atoms. The van der Waals surface area contributed by atoms with Gasteiger partial charge in [0.1, 0.15) is 16.8 Å². The predicted molar refractivity (Wildman–Crippen MR) is 104 cm³/mol. The van der Waals surface area contributed by atoms with Crippen molar-refractivity contribution in [3.8, 4) is 5.69 Å². The zero-order chi connectivity index (χ0) is 18.1. The van der Waals surface area contributed by atoms with Crippen LogP contribution in [0.3, 0.4) is 0 Å². The van der Waals surface area contributed by atoms with Gasteiger partial charge in [-0.15, -0.1) is 0 Å². The molecule has 0 radical (unpaired) electrons. The van der Waals surface area contributed by atoms with Crippen molar-refractivity contribution >= 4 is 28.5 Å². The number of hydrogen-bond acceptors (Lipinski definition) is 3. The summed E-state index contributed by atoms with van der Waals surface area (Å²) < 4.78 is 7.71. The zero-order valence-electron chi connectivity index (χ0n) is 14.7. The van der Waals surface area contributed by atoms with Crippen molar-refractivity contribution < 1.29 is 9.53 Å². The summed E-state index contributed by atoms with van der Waals surface area (Å²) in [5.74, 6) is -0.346. The van der Waals surface area contributed by atoms with Crippen LogP contribution in [0.15, 0.2) is 54.6 Å². The number of esters is 1. The molecular weight excluding hydrogens is 348 g/mol. The molecule has 0 amide bonds. The van der Waals surface area contributed by atoms with Crippen LogP contribution in [0.2, 0.25) is 5.15 Å². The number of likely N-dealkylation sites (N-methyl/N-ethyl adjacent to an activating group) is 1. The molecule has 1 fully saturated rings. The topological polar surface area (TPSA) is 34.5 Å². The molecule has 2 aromatic carbocycles. The maximum atomic E-state index is 13.0. The van der Waals surface area contributed by atoms with E-state index in [-0.39, 0.29) is 12.1 Å². The van der Waals surface area contributed by atoms with Gasteiger partial charge in [0.2, 0.25) is 0 Å². The van der Waals surface area contributed by atoms with Crippen LogP contribution in [-0.2, 0) is 4.74 Å². The molecule has 2 heterocycles. The molecule has 0 bridgehead atoms. The largest absolute Gasteiger partial charge is 0.457 e. The van der Waals surface area contributed by atoms with Gasteiger partial charge in [0.05, 0.1) is 5.52 Å². The lowest BCUT2D eigenvalue weighted by Crippen LogP contribution is -2.38. The number of piperidine rings is 1. The standard InChI is InChI=1S/C21H21ClN2O2/c1-23-13-7-10-16(14-23)26-21(25)19-17-11-5-6-12-18(17)24(20(19)22)15-8-3-2-4-9-15/h2-6,8-9,11-12,16H,7,10,13-14H2,1H3/t16-/m0/s1. The van der Waals surface area contributed by atoms with Gasteiger partial charge in [0.25, 0.3) is 0 Å². The first-order valence-electron chi connectivity index (χ1n) is 8.89. The van der Waals surface area contributed by atoms with Gasteiger partial charge in [-0.2, -0.15) is 0 Å². The number of nitrogens with zero attached hydrogens (tertiary/aromatic N) is 2. The lowest BCUT2D eigenvalue weighted by Gasteiger charge is -2.29. The Hall–Kier alpha value is -2.30. The van der Waals surface area contributed by atoms with Crippen molar-refractivity contribution in [1.82, 2.24) is 9.47 Å².